The smallest absolute Gasteiger partial charge is 0.330 e. The fourth-order valence-corrected chi connectivity index (χ4v) is 3.97. The van der Waals surface area contributed by atoms with E-state index in [1.165, 1.54) is 109 Å². The number of aromatic hydroxyl groups is 1. The Hall–Kier alpha value is -1.77. The van der Waals surface area contributed by atoms with Crippen LogP contribution in [0.15, 0.2) is 30.3 Å². The van der Waals surface area contributed by atoms with E-state index in [2.05, 4.69) is 6.92 Å². The van der Waals surface area contributed by atoms with Crippen molar-refractivity contribution in [2.24, 2.45) is 0 Å². The molecule has 0 aliphatic carbocycles. The summed E-state index contributed by atoms with van der Waals surface area (Å²) >= 11 is 0. The average molecular weight is 445 g/mol. The molecule has 0 bridgehead atoms. The molecule has 182 valence electrons. The standard InChI is InChI=1S/C29H48O3/c1-2-3-4-5-6-7-8-9-10-11-12-13-14-15-16-17-18-19-26-32-29(31)25-22-27-20-23-28(30)24-21-27/h20-25,30H,2-19,26H2,1H3/b25-22+. The van der Waals surface area contributed by atoms with Gasteiger partial charge < -0.3 is 9.84 Å². The van der Waals surface area contributed by atoms with Crippen molar-refractivity contribution in [1.29, 1.82) is 0 Å². The van der Waals surface area contributed by atoms with Gasteiger partial charge in [-0.1, -0.05) is 128 Å². The number of carbonyl (C=O) groups is 1. The van der Waals surface area contributed by atoms with E-state index in [1.807, 2.05) is 0 Å². The molecule has 3 nitrogen and oxygen atoms in total. The molecule has 0 aromatic heterocycles. The first-order valence-electron chi connectivity index (χ1n) is 13.4. The molecule has 0 aliphatic heterocycles. The zero-order valence-electron chi connectivity index (χ0n) is 20.7. The molecule has 0 spiro atoms. The molecule has 1 aromatic carbocycles. The van der Waals surface area contributed by atoms with Crippen LogP contribution in [-0.4, -0.2) is 17.7 Å². The number of unbranched alkanes of at least 4 members (excludes halogenated alkanes) is 17. The normalized spacial score (nSPS) is 11.3. The Morgan fingerprint density at radius 1 is 0.688 bits per heavy atom. The third kappa shape index (κ3) is 17.9. The number of hydrogen-bond donors (Lipinski definition) is 1. The van der Waals surface area contributed by atoms with Gasteiger partial charge in [-0.05, 0) is 30.2 Å². The molecule has 0 aliphatic rings. The van der Waals surface area contributed by atoms with Crippen molar-refractivity contribution in [3.63, 3.8) is 0 Å². The number of esters is 1. The van der Waals surface area contributed by atoms with Crippen LogP contribution in [0.2, 0.25) is 0 Å². The van der Waals surface area contributed by atoms with Crippen LogP contribution in [0.5, 0.6) is 5.75 Å². The maximum Gasteiger partial charge on any atom is 0.330 e. The van der Waals surface area contributed by atoms with Crippen molar-refractivity contribution < 1.29 is 14.6 Å². The highest BCUT2D eigenvalue weighted by atomic mass is 16.5. The average Bonchev–Trinajstić information content (AvgIpc) is 2.80. The molecule has 0 saturated heterocycles. The van der Waals surface area contributed by atoms with Gasteiger partial charge in [-0.3, -0.25) is 0 Å². The second-order valence-corrected chi connectivity index (χ2v) is 9.10. The van der Waals surface area contributed by atoms with Crippen molar-refractivity contribution in [3.05, 3.63) is 35.9 Å². The number of benzene rings is 1. The molecule has 0 fully saturated rings. The minimum Gasteiger partial charge on any atom is -0.508 e. The lowest BCUT2D eigenvalue weighted by Gasteiger charge is -2.04. The van der Waals surface area contributed by atoms with Gasteiger partial charge >= 0.3 is 5.97 Å². The topological polar surface area (TPSA) is 46.5 Å². The van der Waals surface area contributed by atoms with Crippen LogP contribution in [-0.2, 0) is 9.53 Å². The summed E-state index contributed by atoms with van der Waals surface area (Å²) in [6.45, 7) is 2.78. The number of ether oxygens (including phenoxy) is 1. The van der Waals surface area contributed by atoms with E-state index in [4.69, 9.17) is 4.74 Å². The van der Waals surface area contributed by atoms with E-state index in [0.717, 1.165) is 18.4 Å². The Morgan fingerprint density at radius 3 is 1.53 bits per heavy atom. The van der Waals surface area contributed by atoms with Gasteiger partial charge in [0.25, 0.3) is 0 Å². The van der Waals surface area contributed by atoms with E-state index in [1.54, 1.807) is 30.3 Å². The number of carbonyl (C=O) groups excluding carboxylic acids is 1. The molecule has 0 heterocycles. The summed E-state index contributed by atoms with van der Waals surface area (Å²) in [6, 6.07) is 6.72. The van der Waals surface area contributed by atoms with Crippen LogP contribution in [0.3, 0.4) is 0 Å². The molecule has 0 amide bonds. The Morgan fingerprint density at radius 2 is 1.09 bits per heavy atom. The van der Waals surface area contributed by atoms with E-state index in [9.17, 15) is 9.90 Å². The number of phenolic OH excluding ortho intramolecular Hbond substituents is 1. The second kappa shape index (κ2) is 21.1. The molecule has 1 aromatic rings. The van der Waals surface area contributed by atoms with Crippen LogP contribution >= 0.6 is 0 Å². The Kier molecular flexibility index (Phi) is 18.6. The van der Waals surface area contributed by atoms with Crippen molar-refractivity contribution in [2.75, 3.05) is 6.61 Å². The first-order valence-corrected chi connectivity index (χ1v) is 13.4. The quantitative estimate of drug-likeness (QED) is 0.117. The van der Waals surface area contributed by atoms with E-state index >= 15 is 0 Å². The van der Waals surface area contributed by atoms with Crippen LogP contribution in [0.25, 0.3) is 6.08 Å². The maximum atomic E-state index is 11.7. The van der Waals surface area contributed by atoms with Crippen molar-refractivity contribution in [2.45, 2.75) is 122 Å². The molecule has 0 unspecified atom stereocenters. The van der Waals surface area contributed by atoms with Crippen LogP contribution in [0.1, 0.15) is 128 Å². The van der Waals surface area contributed by atoms with Crippen LogP contribution in [0.4, 0.5) is 0 Å². The number of hydrogen-bond acceptors (Lipinski definition) is 3. The van der Waals surface area contributed by atoms with Gasteiger partial charge in [-0.25, -0.2) is 4.79 Å². The van der Waals surface area contributed by atoms with Crippen molar-refractivity contribution in [3.8, 4) is 5.75 Å². The fourth-order valence-electron chi connectivity index (χ4n) is 3.97. The summed E-state index contributed by atoms with van der Waals surface area (Å²) < 4.78 is 5.24. The number of rotatable bonds is 21. The lowest BCUT2D eigenvalue weighted by atomic mass is 10.0. The Labute approximate surface area is 197 Å². The summed E-state index contributed by atoms with van der Waals surface area (Å²) in [4.78, 5) is 11.7. The first kappa shape index (κ1) is 28.3. The molecule has 0 saturated carbocycles. The SMILES string of the molecule is CCCCCCCCCCCCCCCCCCCCOC(=O)/C=C/c1ccc(O)cc1. The predicted molar refractivity (Wildman–Crippen MR) is 137 cm³/mol. The van der Waals surface area contributed by atoms with Crippen LogP contribution < -0.4 is 0 Å². The number of phenols is 1. The highest BCUT2D eigenvalue weighted by molar-refractivity contribution is 5.87. The zero-order chi connectivity index (χ0) is 23.1. The van der Waals surface area contributed by atoms with Crippen LogP contribution in [0, 0.1) is 0 Å². The minimum atomic E-state index is -0.301. The highest BCUT2D eigenvalue weighted by Crippen LogP contribution is 2.14. The molecule has 0 radical (unpaired) electrons. The lowest BCUT2D eigenvalue weighted by Crippen LogP contribution is -2.02. The Bertz CT molecular complexity index is 577. The van der Waals surface area contributed by atoms with Gasteiger partial charge in [0.1, 0.15) is 5.75 Å². The summed E-state index contributed by atoms with van der Waals surface area (Å²) in [5.41, 5.74) is 0.868. The monoisotopic (exact) mass is 444 g/mol. The lowest BCUT2D eigenvalue weighted by molar-refractivity contribution is -0.137. The van der Waals surface area contributed by atoms with Gasteiger partial charge in [0.05, 0.1) is 6.61 Å². The van der Waals surface area contributed by atoms with Gasteiger partial charge in [0.2, 0.25) is 0 Å². The van der Waals surface area contributed by atoms with E-state index < -0.39 is 0 Å². The molecular formula is C29H48O3. The third-order valence-electron chi connectivity index (χ3n) is 6.05. The van der Waals surface area contributed by atoms with Gasteiger partial charge in [0.15, 0.2) is 0 Å². The predicted octanol–water partition coefficient (Wildman–Crippen LogP) is 8.99. The fraction of sp³-hybridized carbons (Fsp3) is 0.690. The largest absolute Gasteiger partial charge is 0.508 e. The van der Waals surface area contributed by atoms with E-state index in [-0.39, 0.29) is 11.7 Å². The Balaban J connectivity index is 1.78. The third-order valence-corrected chi connectivity index (χ3v) is 6.05. The zero-order valence-corrected chi connectivity index (χ0v) is 20.7. The molecule has 32 heavy (non-hydrogen) atoms. The van der Waals surface area contributed by atoms with E-state index in [0.29, 0.717) is 6.61 Å². The second-order valence-electron chi connectivity index (χ2n) is 9.10. The van der Waals surface area contributed by atoms with Gasteiger partial charge in [-0.15, -0.1) is 0 Å². The van der Waals surface area contributed by atoms with Gasteiger partial charge in [-0.2, -0.15) is 0 Å². The first-order chi connectivity index (χ1) is 15.7. The molecular weight excluding hydrogens is 396 g/mol. The molecule has 3 heteroatoms. The van der Waals surface area contributed by atoms with Crippen molar-refractivity contribution >= 4 is 12.0 Å². The maximum absolute atomic E-state index is 11.7. The summed E-state index contributed by atoms with van der Waals surface area (Å²) in [5.74, 6) is -0.0798. The summed E-state index contributed by atoms with van der Waals surface area (Å²) in [7, 11) is 0. The molecule has 1 N–H and O–H groups in total. The molecule has 1 rings (SSSR count). The minimum absolute atomic E-state index is 0.221. The summed E-state index contributed by atoms with van der Waals surface area (Å²) in [6.07, 6.45) is 27.5. The summed E-state index contributed by atoms with van der Waals surface area (Å²) in [5, 5.41) is 9.24. The molecule has 0 atom stereocenters. The van der Waals surface area contributed by atoms with Crippen molar-refractivity contribution in [1.82, 2.24) is 0 Å². The highest BCUT2D eigenvalue weighted by Gasteiger charge is 1.98. The van der Waals surface area contributed by atoms with Gasteiger partial charge in [0, 0.05) is 6.08 Å².